The van der Waals surface area contributed by atoms with Gasteiger partial charge in [-0.15, -0.1) is 0 Å². The van der Waals surface area contributed by atoms with Crippen molar-refractivity contribution in [1.29, 1.82) is 0 Å². The number of benzene rings is 1. The number of hydrogen-bond donors (Lipinski definition) is 2. The van der Waals surface area contributed by atoms with Crippen LogP contribution in [0.5, 0.6) is 0 Å². The predicted molar refractivity (Wildman–Crippen MR) is 88.1 cm³/mol. The van der Waals surface area contributed by atoms with Gasteiger partial charge in [-0.25, -0.2) is 4.79 Å². The molecule has 0 radical (unpaired) electrons. The van der Waals surface area contributed by atoms with Gasteiger partial charge in [0.05, 0.1) is 0 Å². The predicted octanol–water partition coefficient (Wildman–Crippen LogP) is 3.25. The molecule has 0 aliphatic carbocycles. The van der Waals surface area contributed by atoms with E-state index in [4.69, 9.17) is 11.6 Å². The van der Waals surface area contributed by atoms with E-state index >= 15 is 0 Å². The molecule has 0 unspecified atom stereocenters. The molecule has 2 N–H and O–H groups in total. The Hall–Kier alpha value is -1.75. The Morgan fingerprint density at radius 3 is 2.45 bits per heavy atom. The second kappa shape index (κ2) is 8.03. The molecule has 1 heterocycles. The number of halogens is 1. The molecule has 1 fully saturated rings. The Bertz CT molecular complexity index is 511. The molecule has 0 spiro atoms. The number of anilines is 1. The average molecular weight is 324 g/mol. The number of rotatable bonds is 4. The van der Waals surface area contributed by atoms with Crippen LogP contribution in [0.15, 0.2) is 24.3 Å². The third-order valence-electron chi connectivity index (χ3n) is 3.72. The average Bonchev–Trinajstić information content (AvgIpc) is 2.50. The van der Waals surface area contributed by atoms with Gasteiger partial charge in [-0.2, -0.15) is 0 Å². The lowest BCUT2D eigenvalue weighted by molar-refractivity contribution is -0.122. The molecule has 1 aromatic carbocycles. The largest absolute Gasteiger partial charge is 0.353 e. The summed E-state index contributed by atoms with van der Waals surface area (Å²) in [6.07, 6.45) is 3.01. The van der Waals surface area contributed by atoms with E-state index in [1.807, 2.05) is 6.92 Å². The van der Waals surface area contributed by atoms with E-state index < -0.39 is 0 Å². The molecule has 0 atom stereocenters. The second-order valence-electron chi connectivity index (χ2n) is 5.52. The fraction of sp³-hybridized carbons (Fsp3) is 0.500. The van der Waals surface area contributed by atoms with Crippen molar-refractivity contribution in [2.75, 3.05) is 18.4 Å². The minimum atomic E-state index is -0.111. The molecule has 2 rings (SSSR count). The first-order valence-corrected chi connectivity index (χ1v) is 8.07. The number of carbonyl (C=O) groups is 2. The van der Waals surface area contributed by atoms with Gasteiger partial charge in [-0.05, 0) is 43.5 Å². The molecule has 6 heteroatoms. The third kappa shape index (κ3) is 4.91. The number of carbonyl (C=O) groups excluding carboxylic acids is 2. The van der Waals surface area contributed by atoms with Crippen LogP contribution in [0.25, 0.3) is 0 Å². The van der Waals surface area contributed by atoms with Crippen LogP contribution in [0, 0.1) is 0 Å². The Labute approximate surface area is 136 Å². The van der Waals surface area contributed by atoms with Crippen molar-refractivity contribution in [3.63, 3.8) is 0 Å². The van der Waals surface area contributed by atoms with Crippen molar-refractivity contribution in [2.45, 2.75) is 38.6 Å². The molecule has 1 aliphatic rings. The lowest BCUT2D eigenvalue weighted by Gasteiger charge is -2.32. The Morgan fingerprint density at radius 1 is 1.23 bits per heavy atom. The lowest BCUT2D eigenvalue weighted by Crippen LogP contribution is -2.47. The fourth-order valence-corrected chi connectivity index (χ4v) is 2.62. The van der Waals surface area contributed by atoms with Crippen LogP contribution in [0.2, 0.25) is 5.02 Å². The molecule has 0 saturated carbocycles. The van der Waals surface area contributed by atoms with Gasteiger partial charge in [0.15, 0.2) is 0 Å². The van der Waals surface area contributed by atoms with Crippen molar-refractivity contribution >= 4 is 29.2 Å². The van der Waals surface area contributed by atoms with E-state index in [2.05, 4.69) is 10.6 Å². The van der Waals surface area contributed by atoms with Crippen LogP contribution in [0.1, 0.15) is 32.6 Å². The van der Waals surface area contributed by atoms with Crippen LogP contribution in [-0.2, 0) is 4.79 Å². The number of amides is 3. The number of nitrogens with one attached hydrogen (secondary N) is 2. The quantitative estimate of drug-likeness (QED) is 0.893. The van der Waals surface area contributed by atoms with Gasteiger partial charge in [-0.3, -0.25) is 4.79 Å². The number of piperidine rings is 1. The van der Waals surface area contributed by atoms with Gasteiger partial charge >= 0.3 is 6.03 Å². The van der Waals surface area contributed by atoms with Gasteiger partial charge in [0.25, 0.3) is 0 Å². The third-order valence-corrected chi connectivity index (χ3v) is 3.97. The van der Waals surface area contributed by atoms with Gasteiger partial charge in [-0.1, -0.05) is 18.5 Å². The standard InChI is InChI=1S/C16H22ClN3O2/c1-2-3-15(21)18-14-8-10-20(11-9-14)16(22)19-13-6-4-12(17)5-7-13/h4-7,14H,2-3,8-11H2,1H3,(H,18,21)(H,19,22). The van der Waals surface area contributed by atoms with E-state index in [0.717, 1.165) is 24.9 Å². The highest BCUT2D eigenvalue weighted by Crippen LogP contribution is 2.16. The van der Waals surface area contributed by atoms with E-state index in [1.54, 1.807) is 29.2 Å². The Kier molecular flexibility index (Phi) is 6.07. The molecule has 0 aromatic heterocycles. The van der Waals surface area contributed by atoms with E-state index in [9.17, 15) is 9.59 Å². The fourth-order valence-electron chi connectivity index (χ4n) is 2.49. The summed E-state index contributed by atoms with van der Waals surface area (Å²) in [7, 11) is 0. The smallest absolute Gasteiger partial charge is 0.321 e. The summed E-state index contributed by atoms with van der Waals surface area (Å²) in [6, 6.07) is 7.11. The molecule has 0 bridgehead atoms. The first kappa shape index (κ1) is 16.6. The molecule has 5 nitrogen and oxygen atoms in total. The summed E-state index contributed by atoms with van der Waals surface area (Å²) in [5, 5.41) is 6.52. The maximum absolute atomic E-state index is 12.2. The van der Waals surface area contributed by atoms with Crippen molar-refractivity contribution < 1.29 is 9.59 Å². The first-order chi connectivity index (χ1) is 10.6. The van der Waals surface area contributed by atoms with E-state index in [0.29, 0.717) is 24.5 Å². The molecule has 1 aromatic rings. The Balaban J connectivity index is 1.77. The highest BCUT2D eigenvalue weighted by molar-refractivity contribution is 6.30. The van der Waals surface area contributed by atoms with Crippen molar-refractivity contribution in [3.8, 4) is 0 Å². The van der Waals surface area contributed by atoms with Gasteiger partial charge < -0.3 is 15.5 Å². The zero-order valence-electron chi connectivity index (χ0n) is 12.8. The van der Waals surface area contributed by atoms with Crippen LogP contribution in [-0.4, -0.2) is 36.0 Å². The molecule has 120 valence electrons. The van der Waals surface area contributed by atoms with Crippen LogP contribution < -0.4 is 10.6 Å². The number of likely N-dealkylation sites (tertiary alicyclic amines) is 1. The maximum atomic E-state index is 12.2. The zero-order chi connectivity index (χ0) is 15.9. The topological polar surface area (TPSA) is 61.4 Å². The number of urea groups is 1. The van der Waals surface area contributed by atoms with Crippen LogP contribution >= 0.6 is 11.6 Å². The van der Waals surface area contributed by atoms with Crippen molar-refractivity contribution in [2.24, 2.45) is 0 Å². The summed E-state index contributed by atoms with van der Waals surface area (Å²) in [6.45, 7) is 3.29. The molecular formula is C16H22ClN3O2. The Morgan fingerprint density at radius 2 is 1.86 bits per heavy atom. The minimum Gasteiger partial charge on any atom is -0.353 e. The van der Waals surface area contributed by atoms with Crippen molar-refractivity contribution in [1.82, 2.24) is 10.2 Å². The zero-order valence-corrected chi connectivity index (χ0v) is 13.5. The van der Waals surface area contributed by atoms with E-state index in [1.165, 1.54) is 0 Å². The minimum absolute atomic E-state index is 0.103. The first-order valence-electron chi connectivity index (χ1n) is 7.69. The molecule has 3 amide bonds. The van der Waals surface area contributed by atoms with Crippen molar-refractivity contribution in [3.05, 3.63) is 29.3 Å². The van der Waals surface area contributed by atoms with Gasteiger partial charge in [0, 0.05) is 36.3 Å². The molecule has 22 heavy (non-hydrogen) atoms. The summed E-state index contributed by atoms with van der Waals surface area (Å²) >= 11 is 5.82. The second-order valence-corrected chi connectivity index (χ2v) is 5.95. The molecule has 1 aliphatic heterocycles. The monoisotopic (exact) mass is 323 g/mol. The lowest BCUT2D eigenvalue weighted by atomic mass is 10.1. The molecule has 1 saturated heterocycles. The summed E-state index contributed by atoms with van der Waals surface area (Å²) in [5.41, 5.74) is 0.729. The highest BCUT2D eigenvalue weighted by Gasteiger charge is 2.23. The normalized spacial score (nSPS) is 15.5. The van der Waals surface area contributed by atoms with Gasteiger partial charge in [0.1, 0.15) is 0 Å². The molecular weight excluding hydrogens is 302 g/mol. The number of hydrogen-bond acceptors (Lipinski definition) is 2. The SMILES string of the molecule is CCCC(=O)NC1CCN(C(=O)Nc2ccc(Cl)cc2)CC1. The summed E-state index contributed by atoms with van der Waals surface area (Å²) in [4.78, 5) is 25.5. The van der Waals surface area contributed by atoms with Crippen LogP contribution in [0.4, 0.5) is 10.5 Å². The van der Waals surface area contributed by atoms with Crippen LogP contribution in [0.3, 0.4) is 0 Å². The van der Waals surface area contributed by atoms with Gasteiger partial charge in [0.2, 0.25) is 5.91 Å². The summed E-state index contributed by atoms with van der Waals surface area (Å²) < 4.78 is 0. The summed E-state index contributed by atoms with van der Waals surface area (Å²) in [5.74, 6) is 0.103. The number of nitrogens with zero attached hydrogens (tertiary/aromatic N) is 1. The maximum Gasteiger partial charge on any atom is 0.321 e. The van der Waals surface area contributed by atoms with E-state index in [-0.39, 0.29) is 18.0 Å². The highest BCUT2D eigenvalue weighted by atomic mass is 35.5.